The summed E-state index contributed by atoms with van der Waals surface area (Å²) >= 11 is 11.7. The van der Waals surface area contributed by atoms with Crippen LogP contribution < -0.4 is 45.5 Å². The first-order valence-electron chi connectivity index (χ1n) is 23.0. The first-order valence-corrected chi connectivity index (χ1v) is 27.5. The van der Waals surface area contributed by atoms with Crippen molar-refractivity contribution < 1.29 is 65.6 Å². The number of carbonyl (C=O) groups excluding carboxylic acids is 4. The van der Waals surface area contributed by atoms with Gasteiger partial charge in [0.05, 0.1) is 36.6 Å². The van der Waals surface area contributed by atoms with Gasteiger partial charge < -0.3 is 45.5 Å². The normalized spacial score (nSPS) is 14.2. The van der Waals surface area contributed by atoms with Crippen LogP contribution in [0.1, 0.15) is 70.2 Å². The monoisotopic (exact) mass is 1150 g/mol. The summed E-state index contributed by atoms with van der Waals surface area (Å²) in [5.41, 5.74) is 5.71. The van der Waals surface area contributed by atoms with E-state index in [0.29, 0.717) is 35.9 Å². The average molecular weight is 1160 g/mol. The number of nitrogens with zero attached hydrogens (tertiary/aromatic N) is 8. The Kier molecular flexibility index (Phi) is 24.4. The lowest BCUT2D eigenvalue weighted by atomic mass is 9.93. The molecule has 1 aromatic carbocycles. The number of rotatable bonds is 17. The van der Waals surface area contributed by atoms with E-state index >= 15 is 0 Å². The van der Waals surface area contributed by atoms with E-state index in [1.807, 2.05) is 20.8 Å². The van der Waals surface area contributed by atoms with Crippen molar-refractivity contribution in [2.75, 3.05) is 68.5 Å². The Morgan fingerprint density at radius 3 is 2.06 bits per heavy atom. The van der Waals surface area contributed by atoms with Crippen molar-refractivity contribution >= 4 is 93.8 Å². The Bertz CT molecular complexity index is 2990. The molecule has 26 nitrogen and oxygen atoms in total. The summed E-state index contributed by atoms with van der Waals surface area (Å²) in [6.45, 7) is 9.54. The maximum atomic E-state index is 14.4. The van der Waals surface area contributed by atoms with Crippen molar-refractivity contribution in [2.45, 2.75) is 83.0 Å². The number of aromatic nitrogens is 6. The molecular formula is C46H59Cl2FN13O13PS. The van der Waals surface area contributed by atoms with Crippen molar-refractivity contribution in [1.82, 2.24) is 39.5 Å². The number of carbonyl (C=O) groups is 5. The Balaban J connectivity index is 0.000000288. The molecular weight excluding hydrogens is 1100 g/mol. The summed E-state index contributed by atoms with van der Waals surface area (Å²) < 4.78 is 67.2. The Morgan fingerprint density at radius 2 is 1.56 bits per heavy atom. The highest BCUT2D eigenvalue weighted by Crippen LogP contribution is 2.40. The van der Waals surface area contributed by atoms with Crippen molar-refractivity contribution in [3.8, 4) is 29.9 Å². The van der Waals surface area contributed by atoms with Crippen molar-refractivity contribution in [1.29, 1.82) is 0 Å². The highest BCUT2D eigenvalue weighted by Gasteiger charge is 2.41. The number of sulfonamides is 1. The second-order valence-electron chi connectivity index (χ2n) is 16.8. The molecule has 4 aromatic rings. The van der Waals surface area contributed by atoms with Gasteiger partial charge in [0.2, 0.25) is 34.9 Å². The molecule has 0 spiro atoms. The Morgan fingerprint density at radius 1 is 0.974 bits per heavy atom. The fraction of sp³-hybridized carbons (Fsp3) is 0.413. The zero-order chi connectivity index (χ0) is 57.9. The van der Waals surface area contributed by atoms with Gasteiger partial charge in [-0.05, 0) is 89.6 Å². The molecule has 0 saturated heterocycles. The van der Waals surface area contributed by atoms with Gasteiger partial charge in [-0.2, -0.15) is 33.3 Å². The van der Waals surface area contributed by atoms with Crippen molar-refractivity contribution in [3.05, 3.63) is 69.4 Å². The number of ether oxygens (including phenoxy) is 3. The number of pyridine rings is 1. The van der Waals surface area contributed by atoms with Crippen LogP contribution in [0.25, 0.3) is 0 Å². The van der Waals surface area contributed by atoms with E-state index in [2.05, 4.69) is 51.8 Å². The molecule has 5 amide bonds. The first-order chi connectivity index (χ1) is 36.0. The molecule has 0 saturated carbocycles. The molecule has 3 aromatic heterocycles. The third-order valence-electron chi connectivity index (χ3n) is 9.92. The lowest BCUT2D eigenvalue weighted by molar-refractivity contribution is -0.138. The van der Waals surface area contributed by atoms with Gasteiger partial charge in [0.1, 0.15) is 17.6 Å². The van der Waals surface area contributed by atoms with E-state index in [9.17, 15) is 41.3 Å². The number of halogens is 3. The maximum absolute atomic E-state index is 14.4. The van der Waals surface area contributed by atoms with Gasteiger partial charge in [-0.15, -0.1) is 6.42 Å². The number of nitrogens with one attached hydrogen (secondary N) is 4. The molecule has 31 heteroatoms. The van der Waals surface area contributed by atoms with Gasteiger partial charge in [0.15, 0.2) is 18.5 Å². The molecule has 8 N–H and O–H groups in total. The SMILES string of the molecule is C#CC(C)Oc1cc(N2C(=O)C3=C(CCCC3)C2=O)c(F)cc1Cl.CCNc1nc(Cl)nc(NC(C)C)n1.COc1cc(OC)nc(NC(=O)NS(=O)(=O)c2ncccc2C(=O)N(C)C)n1.CP(=O)(O)CCC(N)C(=O)O. The Hall–Kier alpha value is -7.28. The van der Waals surface area contributed by atoms with Crippen LogP contribution in [0.3, 0.4) is 0 Å². The molecule has 418 valence electrons. The minimum Gasteiger partial charge on any atom is -0.481 e. The molecule has 3 atom stereocenters. The standard InChI is InChI=1S/C18H15ClFNO3.C15H18N6O6S.C8H14ClN5.C5H12NO4P/c1-3-10(2)24-16-9-15(14(20)8-13(16)19)21-17(22)11-6-4-5-7-12(11)18(21)23;1-21(2)13(22)9-6-5-7-16-12(9)28(24,25)20-15(23)19-14-17-10(26-3)8-11(18-14)27-4;1-4-10-7-12-6(9)13-8(14-7)11-5(2)3;1-11(9,10)3-2-4(6)5(7)8/h1,8-10H,4-7H2,2H3;5-8H,1-4H3,(H2,17,18,19,20,23);5H,4H2,1-3H3,(H2,10,11,12,13,14);4H,2-3,6H2,1H3,(H,7,8)(H,9,10). The van der Waals surface area contributed by atoms with E-state index in [4.69, 9.17) is 59.6 Å². The molecule has 0 radical (unpaired) electrons. The molecule has 0 bridgehead atoms. The van der Waals surface area contributed by atoms with E-state index in [-0.39, 0.29) is 63.6 Å². The van der Waals surface area contributed by atoms with E-state index in [1.54, 1.807) is 11.6 Å². The van der Waals surface area contributed by atoms with Crippen LogP contribution in [0, 0.1) is 18.2 Å². The predicted octanol–water partition coefficient (Wildman–Crippen LogP) is 5.19. The third-order valence-corrected chi connectivity index (χ3v) is 12.8. The van der Waals surface area contributed by atoms with E-state index < -0.39 is 70.1 Å². The zero-order valence-electron chi connectivity index (χ0n) is 43.3. The number of imide groups is 1. The predicted molar refractivity (Wildman–Crippen MR) is 284 cm³/mol. The summed E-state index contributed by atoms with van der Waals surface area (Å²) in [5, 5.41) is 16.1. The molecule has 3 unspecified atom stereocenters. The van der Waals surface area contributed by atoms with Crippen molar-refractivity contribution in [2.24, 2.45) is 5.73 Å². The number of methoxy groups -OCH3 is 2. The average Bonchev–Trinajstić information content (AvgIpc) is 3.61. The van der Waals surface area contributed by atoms with Crippen LogP contribution in [-0.2, 0) is 29.0 Å². The summed E-state index contributed by atoms with van der Waals surface area (Å²) in [6.07, 6.45) is 8.66. The number of benzene rings is 1. The Labute approximate surface area is 453 Å². The lowest BCUT2D eigenvalue weighted by Gasteiger charge is -2.19. The number of aliphatic carboxylic acids is 1. The van der Waals surface area contributed by atoms with E-state index in [1.165, 1.54) is 70.3 Å². The van der Waals surface area contributed by atoms with Crippen molar-refractivity contribution in [3.63, 3.8) is 0 Å². The largest absolute Gasteiger partial charge is 0.481 e. The van der Waals surface area contributed by atoms with Gasteiger partial charge in [-0.1, -0.05) is 17.5 Å². The second kappa shape index (κ2) is 29.3. The third kappa shape index (κ3) is 19.7. The number of anilines is 4. The minimum absolute atomic E-state index is 0.0233. The molecule has 1 aliphatic carbocycles. The number of carboxylic acids is 1. The molecule has 4 heterocycles. The van der Waals surface area contributed by atoms with Gasteiger partial charge in [0, 0.05) is 62.9 Å². The number of nitrogens with two attached hydrogens (primary N) is 1. The summed E-state index contributed by atoms with van der Waals surface area (Å²) in [5.74, 6) is -0.00149. The zero-order valence-corrected chi connectivity index (χ0v) is 46.5. The van der Waals surface area contributed by atoms with Gasteiger partial charge >= 0.3 is 12.0 Å². The van der Waals surface area contributed by atoms with Gasteiger partial charge in [-0.3, -0.25) is 29.1 Å². The second-order valence-corrected chi connectivity index (χ2v) is 21.6. The summed E-state index contributed by atoms with van der Waals surface area (Å²) in [6, 6.07) is 4.41. The topological polar surface area (TPSA) is 363 Å². The highest BCUT2D eigenvalue weighted by atomic mass is 35.5. The number of terminal acetylenes is 1. The number of hydrogen-bond donors (Lipinski definition) is 7. The van der Waals surface area contributed by atoms with Crippen LogP contribution in [0.5, 0.6) is 17.5 Å². The van der Waals surface area contributed by atoms with Crippen LogP contribution in [-0.4, -0.2) is 149 Å². The molecule has 2 aliphatic rings. The fourth-order valence-corrected chi connectivity index (χ4v) is 8.50. The maximum Gasteiger partial charge on any atom is 0.335 e. The van der Waals surface area contributed by atoms with Crippen LogP contribution in [0.4, 0.5) is 32.7 Å². The fourth-order valence-electron chi connectivity index (χ4n) is 6.35. The highest BCUT2D eigenvalue weighted by molar-refractivity contribution is 7.90. The number of hydrogen-bond acceptors (Lipinski definition) is 20. The van der Waals surface area contributed by atoms with Gasteiger partial charge in [-0.25, -0.2) is 23.8 Å². The molecule has 1 aliphatic heterocycles. The number of amides is 5. The molecule has 0 fully saturated rings. The quantitative estimate of drug-likeness (QED) is 0.0406. The number of carboxylic acid groups (broad SMARTS) is 1. The first kappa shape index (κ1) is 64.0. The van der Waals surface area contributed by atoms with Gasteiger partial charge in [0.25, 0.3) is 27.7 Å². The van der Waals surface area contributed by atoms with Crippen LogP contribution >= 0.6 is 30.6 Å². The van der Waals surface area contributed by atoms with E-state index in [0.717, 1.165) is 30.4 Å². The smallest absolute Gasteiger partial charge is 0.335 e. The summed E-state index contributed by atoms with van der Waals surface area (Å²) in [7, 11) is -1.95. The van der Waals surface area contributed by atoms with Crippen LogP contribution in [0.2, 0.25) is 10.3 Å². The lowest BCUT2D eigenvalue weighted by Crippen LogP contribution is -2.36. The molecule has 6 rings (SSSR count). The molecule has 77 heavy (non-hydrogen) atoms. The summed E-state index contributed by atoms with van der Waals surface area (Å²) in [4.78, 5) is 93.8. The number of urea groups is 1. The van der Waals surface area contributed by atoms with Crippen LogP contribution in [0.15, 0.2) is 52.7 Å². The minimum atomic E-state index is -4.46.